The Labute approximate surface area is 113 Å². The van der Waals surface area contributed by atoms with Crippen molar-refractivity contribution < 1.29 is 14.7 Å². The highest BCUT2D eigenvalue weighted by atomic mass is 16.5. The molecule has 9 nitrogen and oxygen atoms in total. The minimum atomic E-state index is -0.371. The van der Waals surface area contributed by atoms with Crippen molar-refractivity contribution in [3.63, 3.8) is 0 Å². The lowest BCUT2D eigenvalue weighted by atomic mass is 10.3. The van der Waals surface area contributed by atoms with Gasteiger partial charge in [-0.1, -0.05) is 5.16 Å². The van der Waals surface area contributed by atoms with Gasteiger partial charge in [0.1, 0.15) is 12.4 Å². The highest BCUT2D eigenvalue weighted by Gasteiger charge is 2.08. The van der Waals surface area contributed by atoms with Gasteiger partial charge in [-0.3, -0.25) is 4.79 Å². The third-order valence-corrected chi connectivity index (χ3v) is 2.28. The summed E-state index contributed by atoms with van der Waals surface area (Å²) >= 11 is 0. The van der Waals surface area contributed by atoms with Crippen LogP contribution in [0.1, 0.15) is 10.5 Å². The lowest BCUT2D eigenvalue weighted by Crippen LogP contribution is -2.20. The largest absolute Gasteiger partial charge is 0.486 e. The Kier molecular flexibility index (Phi) is 4.12. The van der Waals surface area contributed by atoms with E-state index in [0.717, 1.165) is 0 Å². The molecule has 0 radical (unpaired) electrons. The minimum absolute atomic E-state index is 0.0266. The van der Waals surface area contributed by atoms with Crippen molar-refractivity contribution in [2.45, 2.75) is 0 Å². The highest BCUT2D eigenvalue weighted by Crippen LogP contribution is 2.16. The number of anilines is 1. The molecule has 0 spiro atoms. The molecule has 5 N–H and O–H groups in total. The number of aromatic nitrogens is 3. The smallest absolute Gasteiger partial charge is 0.277 e. The van der Waals surface area contributed by atoms with Crippen LogP contribution in [0.15, 0.2) is 35.6 Å². The number of benzene rings is 1. The van der Waals surface area contributed by atoms with E-state index in [1.54, 1.807) is 24.3 Å². The zero-order valence-corrected chi connectivity index (χ0v) is 10.3. The van der Waals surface area contributed by atoms with Crippen LogP contribution in [0.5, 0.6) is 5.75 Å². The van der Waals surface area contributed by atoms with Crippen molar-refractivity contribution in [1.82, 2.24) is 15.4 Å². The van der Waals surface area contributed by atoms with E-state index < -0.39 is 0 Å². The number of carbonyl (C=O) groups excluding carboxylic acids is 1. The van der Waals surface area contributed by atoms with Crippen LogP contribution in [0.3, 0.4) is 0 Å². The Bertz CT molecular complexity index is 593. The second-order valence-corrected chi connectivity index (χ2v) is 3.71. The molecule has 0 bridgehead atoms. The zero-order chi connectivity index (χ0) is 14.4. The van der Waals surface area contributed by atoms with E-state index in [1.165, 1.54) is 6.20 Å². The van der Waals surface area contributed by atoms with Crippen LogP contribution in [0, 0.1) is 0 Å². The van der Waals surface area contributed by atoms with Gasteiger partial charge in [-0.25, -0.2) is 0 Å². The number of oxime groups is 1. The fourth-order valence-electron chi connectivity index (χ4n) is 1.33. The molecule has 0 unspecified atom stereocenters. The molecule has 1 heterocycles. The number of nitrogens with zero attached hydrogens (tertiary/aromatic N) is 3. The molecular weight excluding hydrogens is 264 g/mol. The van der Waals surface area contributed by atoms with E-state index in [9.17, 15) is 4.79 Å². The molecule has 2 rings (SSSR count). The molecule has 2 aromatic rings. The van der Waals surface area contributed by atoms with Crippen LogP contribution >= 0.6 is 0 Å². The lowest BCUT2D eigenvalue weighted by Gasteiger charge is -2.06. The molecule has 104 valence electrons. The summed E-state index contributed by atoms with van der Waals surface area (Å²) in [5.74, 6) is 0.119. The first-order valence-electron chi connectivity index (χ1n) is 5.55. The topological polar surface area (TPSA) is 139 Å². The predicted molar refractivity (Wildman–Crippen MR) is 69.7 cm³/mol. The number of hydrogen-bond donors (Lipinski definition) is 4. The van der Waals surface area contributed by atoms with E-state index in [4.69, 9.17) is 15.7 Å². The molecule has 1 aromatic heterocycles. The number of H-pyrrole nitrogens is 1. The standard InChI is InChI=1S/C11H12N6O3/c12-10(16-19)6-20-8-3-1-7(2-4-8)14-11(18)9-5-13-17-15-9/h1-5,19H,6H2,(H2,12,16)(H,14,18)(H,13,15,17). The zero-order valence-electron chi connectivity index (χ0n) is 10.3. The van der Waals surface area contributed by atoms with Gasteiger partial charge in [0.05, 0.1) is 6.20 Å². The first kappa shape index (κ1) is 13.3. The number of carbonyl (C=O) groups is 1. The molecular formula is C11H12N6O3. The number of nitrogens with one attached hydrogen (secondary N) is 2. The highest BCUT2D eigenvalue weighted by molar-refractivity contribution is 6.02. The Morgan fingerprint density at radius 1 is 1.45 bits per heavy atom. The number of ether oxygens (including phenoxy) is 1. The van der Waals surface area contributed by atoms with Gasteiger partial charge in [0.25, 0.3) is 5.91 Å². The quantitative estimate of drug-likeness (QED) is 0.266. The number of rotatable bonds is 5. The summed E-state index contributed by atoms with van der Waals surface area (Å²) in [6.45, 7) is -0.0266. The van der Waals surface area contributed by atoms with Crippen LogP contribution in [0.2, 0.25) is 0 Å². The van der Waals surface area contributed by atoms with E-state index in [0.29, 0.717) is 11.4 Å². The molecule has 20 heavy (non-hydrogen) atoms. The Balaban J connectivity index is 1.93. The van der Waals surface area contributed by atoms with Crippen molar-refractivity contribution in [3.05, 3.63) is 36.2 Å². The van der Waals surface area contributed by atoms with E-state index in [2.05, 4.69) is 25.9 Å². The third kappa shape index (κ3) is 3.45. The summed E-state index contributed by atoms with van der Waals surface area (Å²) in [6.07, 6.45) is 1.32. The normalized spacial score (nSPS) is 11.1. The maximum atomic E-state index is 11.7. The van der Waals surface area contributed by atoms with Crippen LogP contribution in [0.4, 0.5) is 5.69 Å². The summed E-state index contributed by atoms with van der Waals surface area (Å²) in [4.78, 5) is 11.7. The second kappa shape index (κ2) is 6.18. The fraction of sp³-hybridized carbons (Fsp3) is 0.0909. The minimum Gasteiger partial charge on any atom is -0.486 e. The SMILES string of the molecule is N/C(COc1ccc(NC(=O)c2cn[nH]n2)cc1)=N/O. The fourth-order valence-corrected chi connectivity index (χ4v) is 1.33. The molecule has 0 saturated heterocycles. The van der Waals surface area contributed by atoms with Gasteiger partial charge in [-0.2, -0.15) is 15.4 Å². The average molecular weight is 276 g/mol. The molecule has 0 atom stereocenters. The van der Waals surface area contributed by atoms with Gasteiger partial charge in [0.15, 0.2) is 11.5 Å². The van der Waals surface area contributed by atoms with Crippen LogP contribution in [-0.4, -0.2) is 39.0 Å². The molecule has 0 aliphatic rings. The summed E-state index contributed by atoms with van der Waals surface area (Å²) < 4.78 is 5.24. The van der Waals surface area contributed by atoms with Crippen molar-refractivity contribution in [2.24, 2.45) is 10.9 Å². The van der Waals surface area contributed by atoms with E-state index in [1.807, 2.05) is 0 Å². The van der Waals surface area contributed by atoms with Crippen LogP contribution in [0.25, 0.3) is 0 Å². The number of amides is 1. The average Bonchev–Trinajstić information content (AvgIpc) is 3.00. The summed E-state index contributed by atoms with van der Waals surface area (Å²) in [6, 6.07) is 6.59. The molecule has 9 heteroatoms. The second-order valence-electron chi connectivity index (χ2n) is 3.71. The predicted octanol–water partition coefficient (Wildman–Crippen LogP) is 0.182. The Morgan fingerprint density at radius 3 is 2.80 bits per heavy atom. The Morgan fingerprint density at radius 2 is 2.20 bits per heavy atom. The maximum Gasteiger partial charge on any atom is 0.277 e. The van der Waals surface area contributed by atoms with Gasteiger partial charge in [-0.15, -0.1) is 0 Å². The van der Waals surface area contributed by atoms with Crippen LogP contribution in [-0.2, 0) is 0 Å². The monoisotopic (exact) mass is 276 g/mol. The number of hydrogen-bond acceptors (Lipinski definition) is 6. The summed E-state index contributed by atoms with van der Waals surface area (Å²) in [7, 11) is 0. The Hall–Kier alpha value is -3.10. The van der Waals surface area contributed by atoms with Gasteiger partial charge in [0, 0.05) is 5.69 Å². The van der Waals surface area contributed by atoms with Gasteiger partial charge in [0.2, 0.25) is 0 Å². The van der Waals surface area contributed by atoms with E-state index >= 15 is 0 Å². The molecule has 0 fully saturated rings. The molecule has 0 saturated carbocycles. The van der Waals surface area contributed by atoms with E-state index in [-0.39, 0.29) is 24.0 Å². The van der Waals surface area contributed by atoms with Gasteiger partial charge in [-0.05, 0) is 24.3 Å². The maximum absolute atomic E-state index is 11.7. The van der Waals surface area contributed by atoms with Crippen molar-refractivity contribution in [2.75, 3.05) is 11.9 Å². The van der Waals surface area contributed by atoms with Crippen molar-refractivity contribution in [3.8, 4) is 5.75 Å². The first-order chi connectivity index (χ1) is 9.69. The molecule has 1 amide bonds. The number of nitrogens with two attached hydrogens (primary N) is 1. The first-order valence-corrected chi connectivity index (χ1v) is 5.55. The van der Waals surface area contributed by atoms with Crippen molar-refractivity contribution >= 4 is 17.4 Å². The molecule has 0 aliphatic carbocycles. The molecule has 1 aromatic carbocycles. The van der Waals surface area contributed by atoms with Crippen molar-refractivity contribution in [1.29, 1.82) is 0 Å². The third-order valence-electron chi connectivity index (χ3n) is 2.28. The van der Waals surface area contributed by atoms with Gasteiger partial charge < -0.3 is 21.0 Å². The number of aromatic amines is 1. The lowest BCUT2D eigenvalue weighted by molar-refractivity contribution is 0.102. The number of amidine groups is 1. The summed E-state index contributed by atoms with van der Waals surface area (Å²) in [5, 5.41) is 23.4. The van der Waals surface area contributed by atoms with Crippen LogP contribution < -0.4 is 15.8 Å². The summed E-state index contributed by atoms with van der Waals surface area (Å²) in [5.41, 5.74) is 6.04. The van der Waals surface area contributed by atoms with Gasteiger partial charge >= 0.3 is 0 Å². The molecule has 0 aliphatic heterocycles.